The van der Waals surface area contributed by atoms with Crippen LogP contribution in [0.15, 0.2) is 78.9 Å². The molecule has 5 aromatic rings. The molecule has 5 rings (SSSR count). The second-order valence-electron chi connectivity index (χ2n) is 6.63. The fourth-order valence-electron chi connectivity index (χ4n) is 3.66. The van der Waals surface area contributed by atoms with Crippen molar-refractivity contribution in [2.24, 2.45) is 0 Å². The first kappa shape index (κ1) is 19.6. The summed E-state index contributed by atoms with van der Waals surface area (Å²) in [5, 5.41) is 11.9. The largest absolute Gasteiger partial charge is 0.333 e. The van der Waals surface area contributed by atoms with Gasteiger partial charge in [0.15, 0.2) is 5.69 Å². The summed E-state index contributed by atoms with van der Waals surface area (Å²) in [6.45, 7) is 7.42. The molecule has 4 nitrogen and oxygen atoms in total. The molecule has 0 fully saturated rings. The fraction of sp³-hybridized carbons (Fsp3) is 0. The number of nitrogens with zero attached hydrogens (tertiary/aromatic N) is 4. The molecule has 0 atom stereocenters. The summed E-state index contributed by atoms with van der Waals surface area (Å²) in [7, 11) is 0. The third kappa shape index (κ3) is 3.08. The van der Waals surface area contributed by atoms with Crippen LogP contribution in [0.1, 0.15) is 5.56 Å². The number of aromatic nitrogens is 2. The molecule has 0 saturated heterocycles. The second kappa shape index (κ2) is 7.93. The Labute approximate surface area is 187 Å². The van der Waals surface area contributed by atoms with Crippen molar-refractivity contribution in [3.05, 3.63) is 102 Å². The van der Waals surface area contributed by atoms with Gasteiger partial charge in [-0.3, -0.25) is 4.98 Å². The van der Waals surface area contributed by atoms with E-state index in [1.807, 2.05) is 53.1 Å². The molecule has 0 aliphatic heterocycles. The van der Waals surface area contributed by atoms with Crippen LogP contribution in [-0.4, -0.2) is 9.55 Å². The van der Waals surface area contributed by atoms with Crippen molar-refractivity contribution in [2.75, 3.05) is 0 Å². The number of fused-ring (bicyclic) bond motifs is 3. The monoisotopic (exact) mass is 562 g/mol. The molecule has 143 valence electrons. The van der Waals surface area contributed by atoms with Gasteiger partial charge in [0.25, 0.3) is 0 Å². The molecule has 30 heavy (non-hydrogen) atoms. The third-order valence-corrected chi connectivity index (χ3v) is 4.96. The first-order chi connectivity index (χ1) is 14.3. The number of hydrogen-bond donors (Lipinski definition) is 0. The summed E-state index contributed by atoms with van der Waals surface area (Å²) in [6.07, 6.45) is 0. The molecular weight excluding hydrogens is 549 g/mol. The van der Waals surface area contributed by atoms with Crippen molar-refractivity contribution in [2.45, 2.75) is 0 Å². The molecule has 0 unspecified atom stereocenters. The molecule has 0 N–H and O–H groups in total. The van der Waals surface area contributed by atoms with E-state index in [0.29, 0.717) is 22.8 Å². The average Bonchev–Trinajstić information content (AvgIpc) is 3.19. The smallest absolute Gasteiger partial charge is 0.189 e. The van der Waals surface area contributed by atoms with Gasteiger partial charge >= 0.3 is 0 Å². The Hall–Kier alpha value is -3.76. The van der Waals surface area contributed by atoms with E-state index < -0.39 is 0 Å². The van der Waals surface area contributed by atoms with Crippen LogP contribution in [0.5, 0.6) is 0 Å². The Balaban J connectivity index is 0.00000218. The van der Waals surface area contributed by atoms with Crippen molar-refractivity contribution < 1.29 is 20.1 Å². The van der Waals surface area contributed by atoms with Crippen LogP contribution in [0, 0.1) is 24.0 Å². The zero-order valence-corrected chi connectivity index (χ0v) is 18.0. The van der Waals surface area contributed by atoms with Crippen LogP contribution in [0.3, 0.4) is 0 Å². The summed E-state index contributed by atoms with van der Waals surface area (Å²) in [6, 6.07) is 30.4. The van der Waals surface area contributed by atoms with E-state index in [0.717, 1.165) is 27.4 Å². The molecule has 1 heterocycles. The number of rotatable bonds is 2. The van der Waals surface area contributed by atoms with E-state index in [9.17, 15) is 5.26 Å². The minimum atomic E-state index is 0. The van der Waals surface area contributed by atoms with Crippen molar-refractivity contribution in [3.8, 4) is 23.1 Å². The Kier molecular flexibility index (Phi) is 5.17. The Morgan fingerprint density at radius 3 is 2.60 bits per heavy atom. The standard InChI is InChI=1S/C25H13N4.Ir/c1-27-20-13-11-19(16-26)23(15-20)29-24-21-10-6-5-7-17(21)12-14-22(24)28-25(29)18-8-3-2-4-9-18;/h2-8,10-15H;/q-1;. The van der Waals surface area contributed by atoms with E-state index >= 15 is 0 Å². The first-order valence-electron chi connectivity index (χ1n) is 9.09. The number of hydrogen-bond acceptors (Lipinski definition) is 2. The second-order valence-corrected chi connectivity index (χ2v) is 6.63. The van der Waals surface area contributed by atoms with E-state index in [4.69, 9.17) is 11.6 Å². The molecule has 0 amide bonds. The molecule has 0 aliphatic rings. The average molecular weight is 562 g/mol. The number of imidazole rings is 1. The topological polar surface area (TPSA) is 46.0 Å². The van der Waals surface area contributed by atoms with Crippen molar-refractivity contribution in [1.29, 1.82) is 5.26 Å². The molecule has 5 heteroatoms. The zero-order valence-electron chi connectivity index (χ0n) is 15.6. The van der Waals surface area contributed by atoms with Crippen LogP contribution >= 0.6 is 0 Å². The van der Waals surface area contributed by atoms with Crippen LogP contribution in [0.4, 0.5) is 5.69 Å². The van der Waals surface area contributed by atoms with E-state index in [2.05, 4.69) is 29.1 Å². The van der Waals surface area contributed by atoms with Crippen LogP contribution in [-0.2, 0) is 20.1 Å². The van der Waals surface area contributed by atoms with Crippen LogP contribution < -0.4 is 0 Å². The van der Waals surface area contributed by atoms with Gasteiger partial charge < -0.3 is 4.57 Å². The van der Waals surface area contributed by atoms with Gasteiger partial charge in [0, 0.05) is 31.2 Å². The maximum absolute atomic E-state index is 9.76. The normalized spacial score (nSPS) is 10.3. The van der Waals surface area contributed by atoms with Gasteiger partial charge in [-0.15, -0.1) is 35.9 Å². The molecule has 1 aromatic heterocycles. The summed E-state index contributed by atoms with van der Waals surface area (Å²) in [4.78, 5) is 8.45. The van der Waals surface area contributed by atoms with Gasteiger partial charge in [0.2, 0.25) is 0 Å². The predicted octanol–water partition coefficient (Wildman–Crippen LogP) is 6.07. The fourth-order valence-corrected chi connectivity index (χ4v) is 3.66. The van der Waals surface area contributed by atoms with Crippen molar-refractivity contribution in [1.82, 2.24) is 9.55 Å². The molecule has 0 bridgehead atoms. The maximum atomic E-state index is 9.76. The molecule has 0 saturated carbocycles. The third-order valence-electron chi connectivity index (χ3n) is 4.96. The molecule has 4 aromatic carbocycles. The van der Waals surface area contributed by atoms with Gasteiger partial charge in [-0.05, 0) is 17.5 Å². The summed E-state index contributed by atoms with van der Waals surface area (Å²) >= 11 is 0. The Morgan fingerprint density at radius 1 is 1.00 bits per heavy atom. The first-order valence-corrected chi connectivity index (χ1v) is 9.09. The van der Waals surface area contributed by atoms with Crippen molar-refractivity contribution >= 4 is 27.5 Å². The number of nitriles is 1. The molecular formula is C25H13IrN4-. The molecule has 0 spiro atoms. The summed E-state index contributed by atoms with van der Waals surface area (Å²) in [5.74, 6) is 0.690. The van der Waals surface area contributed by atoms with Gasteiger partial charge in [-0.1, -0.05) is 42.5 Å². The predicted molar refractivity (Wildman–Crippen MR) is 114 cm³/mol. The van der Waals surface area contributed by atoms with E-state index in [1.54, 1.807) is 18.2 Å². The van der Waals surface area contributed by atoms with Gasteiger partial charge in [-0.25, -0.2) is 4.85 Å². The number of benzene rings is 4. The quantitative estimate of drug-likeness (QED) is 0.246. The van der Waals surface area contributed by atoms with Crippen LogP contribution in [0.25, 0.3) is 43.7 Å². The van der Waals surface area contributed by atoms with E-state index in [1.165, 1.54) is 0 Å². The SMILES string of the molecule is [C-]#[N+]c1ccc(C#N)c(-n2c(-c3[c-]cccc3)nc3ccc4ccccc4c32)c1.[Ir]. The van der Waals surface area contributed by atoms with Crippen molar-refractivity contribution in [3.63, 3.8) is 0 Å². The van der Waals surface area contributed by atoms with Gasteiger partial charge in [-0.2, -0.15) is 5.26 Å². The molecule has 1 radical (unpaired) electrons. The summed E-state index contributed by atoms with van der Waals surface area (Å²) in [5.41, 5.74) is 4.17. The van der Waals surface area contributed by atoms with E-state index in [-0.39, 0.29) is 20.1 Å². The summed E-state index contributed by atoms with van der Waals surface area (Å²) < 4.78 is 1.98. The zero-order chi connectivity index (χ0) is 19.8. The Bertz CT molecular complexity index is 1470. The Morgan fingerprint density at radius 2 is 1.83 bits per heavy atom. The van der Waals surface area contributed by atoms with Gasteiger partial charge in [0.1, 0.15) is 6.07 Å². The molecule has 0 aliphatic carbocycles. The minimum Gasteiger partial charge on any atom is -0.333 e. The van der Waals surface area contributed by atoms with Gasteiger partial charge in [0.05, 0.1) is 29.0 Å². The van der Waals surface area contributed by atoms with Crippen LogP contribution in [0.2, 0.25) is 0 Å². The minimum absolute atomic E-state index is 0. The maximum Gasteiger partial charge on any atom is 0.189 e.